The second-order valence-corrected chi connectivity index (χ2v) is 5.07. The van der Waals surface area contributed by atoms with Crippen LogP contribution in [0.4, 0.5) is 5.69 Å². The first kappa shape index (κ1) is 13.3. The van der Waals surface area contributed by atoms with Crippen molar-refractivity contribution >= 4 is 5.69 Å². The first-order valence-electron chi connectivity index (χ1n) is 6.61. The van der Waals surface area contributed by atoms with Crippen LogP contribution in [0.1, 0.15) is 11.4 Å². The van der Waals surface area contributed by atoms with Gasteiger partial charge in [0.15, 0.2) is 0 Å². The van der Waals surface area contributed by atoms with Gasteiger partial charge in [-0.2, -0.15) is 0 Å². The highest BCUT2D eigenvalue weighted by Crippen LogP contribution is 2.21. The number of aryl methyl sites for hydroxylation is 1. The van der Waals surface area contributed by atoms with Crippen molar-refractivity contribution in [3.63, 3.8) is 0 Å². The first-order chi connectivity index (χ1) is 8.66. The Balaban J connectivity index is 2.16. The van der Waals surface area contributed by atoms with Gasteiger partial charge >= 0.3 is 0 Å². The van der Waals surface area contributed by atoms with Crippen molar-refractivity contribution in [1.29, 1.82) is 0 Å². The van der Waals surface area contributed by atoms with E-state index in [-0.39, 0.29) is 0 Å². The number of aromatic nitrogens is 1. The summed E-state index contributed by atoms with van der Waals surface area (Å²) in [5.74, 6) is 0. The molecule has 0 aromatic carbocycles. The molecule has 0 radical (unpaired) electrons. The summed E-state index contributed by atoms with van der Waals surface area (Å²) in [7, 11) is 4.20. The second-order valence-electron chi connectivity index (χ2n) is 5.07. The summed E-state index contributed by atoms with van der Waals surface area (Å²) in [6, 6.07) is 4.31. The predicted octanol–water partition coefficient (Wildman–Crippen LogP) is 1.33. The third-order valence-electron chi connectivity index (χ3n) is 3.24. The number of likely N-dealkylation sites (N-methyl/N-ethyl adjacent to an activating group) is 1. The number of hydrogen-bond acceptors (Lipinski definition) is 4. The predicted molar refractivity (Wildman–Crippen MR) is 74.3 cm³/mol. The van der Waals surface area contributed by atoms with E-state index in [0.717, 1.165) is 45.0 Å². The van der Waals surface area contributed by atoms with E-state index in [1.807, 2.05) is 0 Å². The Morgan fingerprint density at radius 2 is 2.00 bits per heavy atom. The van der Waals surface area contributed by atoms with Crippen molar-refractivity contribution in [2.75, 3.05) is 51.8 Å². The van der Waals surface area contributed by atoms with E-state index in [1.54, 1.807) is 0 Å². The van der Waals surface area contributed by atoms with E-state index in [1.165, 1.54) is 11.4 Å². The molecule has 0 N–H and O–H groups in total. The zero-order chi connectivity index (χ0) is 13.0. The number of nitrogens with zero attached hydrogens (tertiary/aromatic N) is 3. The molecule has 1 aliphatic rings. The van der Waals surface area contributed by atoms with E-state index < -0.39 is 0 Å². The molecule has 4 heteroatoms. The molecule has 2 heterocycles. The van der Waals surface area contributed by atoms with Crippen LogP contribution in [-0.2, 0) is 11.2 Å². The summed E-state index contributed by atoms with van der Waals surface area (Å²) >= 11 is 0. The average molecular weight is 249 g/mol. The van der Waals surface area contributed by atoms with Gasteiger partial charge in [0.2, 0.25) is 0 Å². The van der Waals surface area contributed by atoms with Crippen LogP contribution >= 0.6 is 0 Å². The summed E-state index contributed by atoms with van der Waals surface area (Å²) in [4.78, 5) is 9.30. The van der Waals surface area contributed by atoms with Crippen LogP contribution < -0.4 is 4.90 Å². The molecule has 100 valence electrons. The van der Waals surface area contributed by atoms with Crippen LogP contribution in [0.15, 0.2) is 12.1 Å². The molecule has 1 aromatic rings. The van der Waals surface area contributed by atoms with Crippen molar-refractivity contribution in [3.8, 4) is 0 Å². The molecule has 0 spiro atoms. The average Bonchev–Trinajstić information content (AvgIpc) is 2.37. The third-order valence-corrected chi connectivity index (χ3v) is 3.24. The van der Waals surface area contributed by atoms with Gasteiger partial charge in [-0.1, -0.05) is 0 Å². The molecule has 1 aliphatic heterocycles. The number of rotatable bonds is 4. The number of anilines is 1. The number of ether oxygens (including phenoxy) is 1. The number of hydrogen-bond donors (Lipinski definition) is 0. The van der Waals surface area contributed by atoms with Gasteiger partial charge in [-0.25, -0.2) is 0 Å². The lowest BCUT2D eigenvalue weighted by molar-refractivity contribution is 0.122. The van der Waals surface area contributed by atoms with Gasteiger partial charge in [-0.3, -0.25) is 4.98 Å². The first-order valence-corrected chi connectivity index (χ1v) is 6.61. The minimum Gasteiger partial charge on any atom is -0.378 e. The zero-order valence-electron chi connectivity index (χ0n) is 11.6. The largest absolute Gasteiger partial charge is 0.378 e. The fourth-order valence-electron chi connectivity index (χ4n) is 2.21. The molecule has 0 amide bonds. The molecular formula is C14H23N3O. The minimum absolute atomic E-state index is 0.820. The molecule has 1 aromatic heterocycles. The second kappa shape index (κ2) is 6.16. The molecule has 1 fully saturated rings. The van der Waals surface area contributed by atoms with Gasteiger partial charge in [-0.15, -0.1) is 0 Å². The van der Waals surface area contributed by atoms with Gasteiger partial charge in [0, 0.05) is 31.7 Å². The lowest BCUT2D eigenvalue weighted by atomic mass is 10.1. The maximum absolute atomic E-state index is 5.41. The Kier molecular flexibility index (Phi) is 4.55. The monoisotopic (exact) mass is 249 g/mol. The summed E-state index contributed by atoms with van der Waals surface area (Å²) in [5.41, 5.74) is 3.59. The fraction of sp³-hybridized carbons (Fsp3) is 0.643. The normalized spacial score (nSPS) is 16.3. The van der Waals surface area contributed by atoms with E-state index in [2.05, 4.69) is 43.0 Å². The maximum Gasteiger partial charge on any atom is 0.0652 e. The Bertz CT molecular complexity index is 387. The van der Waals surface area contributed by atoms with Crippen LogP contribution in [0.2, 0.25) is 0 Å². The fourth-order valence-corrected chi connectivity index (χ4v) is 2.21. The molecule has 0 saturated carbocycles. The standard InChI is InChI=1S/C14H23N3O/c1-12-4-5-14(17-8-10-18-11-9-17)13(15-12)6-7-16(2)3/h4-5H,6-11H2,1-3H3. The quantitative estimate of drug-likeness (QED) is 0.805. The summed E-state index contributed by atoms with van der Waals surface area (Å²) in [5, 5.41) is 0. The van der Waals surface area contributed by atoms with Crippen LogP contribution in [0.25, 0.3) is 0 Å². The Morgan fingerprint density at radius 3 is 2.67 bits per heavy atom. The highest BCUT2D eigenvalue weighted by molar-refractivity contribution is 5.51. The molecule has 0 bridgehead atoms. The maximum atomic E-state index is 5.41. The van der Waals surface area contributed by atoms with Crippen LogP contribution in [0.5, 0.6) is 0 Å². The molecule has 1 saturated heterocycles. The van der Waals surface area contributed by atoms with Crippen LogP contribution in [0, 0.1) is 6.92 Å². The van der Waals surface area contributed by atoms with Gasteiger partial charge in [0.1, 0.15) is 0 Å². The van der Waals surface area contributed by atoms with Gasteiger partial charge in [0.25, 0.3) is 0 Å². The summed E-state index contributed by atoms with van der Waals surface area (Å²) in [6.45, 7) is 6.68. The van der Waals surface area contributed by atoms with Gasteiger partial charge in [0.05, 0.1) is 24.6 Å². The summed E-state index contributed by atoms with van der Waals surface area (Å²) < 4.78 is 5.41. The van der Waals surface area contributed by atoms with Crippen molar-refractivity contribution in [2.45, 2.75) is 13.3 Å². The Hall–Kier alpha value is -1.13. The smallest absolute Gasteiger partial charge is 0.0652 e. The molecule has 18 heavy (non-hydrogen) atoms. The van der Waals surface area contributed by atoms with Crippen molar-refractivity contribution in [2.24, 2.45) is 0 Å². The van der Waals surface area contributed by atoms with Crippen LogP contribution in [0.3, 0.4) is 0 Å². The van der Waals surface area contributed by atoms with Gasteiger partial charge < -0.3 is 14.5 Å². The molecule has 4 nitrogen and oxygen atoms in total. The van der Waals surface area contributed by atoms with Crippen molar-refractivity contribution < 1.29 is 4.74 Å². The lowest BCUT2D eigenvalue weighted by Crippen LogP contribution is -2.37. The Labute approximate surface area is 110 Å². The molecular weight excluding hydrogens is 226 g/mol. The van der Waals surface area contributed by atoms with E-state index in [0.29, 0.717) is 0 Å². The van der Waals surface area contributed by atoms with E-state index in [9.17, 15) is 0 Å². The topological polar surface area (TPSA) is 28.6 Å². The zero-order valence-corrected chi connectivity index (χ0v) is 11.6. The minimum atomic E-state index is 0.820. The van der Waals surface area contributed by atoms with Crippen molar-refractivity contribution in [1.82, 2.24) is 9.88 Å². The summed E-state index contributed by atoms with van der Waals surface area (Å²) in [6.07, 6.45) is 1.00. The van der Waals surface area contributed by atoms with E-state index in [4.69, 9.17) is 9.72 Å². The molecule has 0 aliphatic carbocycles. The highest BCUT2D eigenvalue weighted by Gasteiger charge is 2.15. The van der Waals surface area contributed by atoms with Crippen molar-refractivity contribution in [3.05, 3.63) is 23.5 Å². The molecule has 0 unspecified atom stereocenters. The Morgan fingerprint density at radius 1 is 1.28 bits per heavy atom. The third kappa shape index (κ3) is 3.43. The SMILES string of the molecule is Cc1ccc(N2CCOCC2)c(CCN(C)C)n1. The van der Waals surface area contributed by atoms with Gasteiger partial charge in [-0.05, 0) is 33.2 Å². The lowest BCUT2D eigenvalue weighted by Gasteiger charge is -2.30. The number of pyridine rings is 1. The number of morpholine rings is 1. The van der Waals surface area contributed by atoms with Crippen LogP contribution in [-0.4, -0.2) is 56.8 Å². The molecule has 2 rings (SSSR count). The van der Waals surface area contributed by atoms with E-state index >= 15 is 0 Å². The highest BCUT2D eigenvalue weighted by atomic mass is 16.5. The molecule has 0 atom stereocenters.